The SMILES string of the molecule is O=Cc1c(C(C2=CCc3ccccc32)C2CC2)[nH]c2ccccc12. The first kappa shape index (κ1) is 13.8. The molecule has 0 bridgehead atoms. The number of hydrogen-bond acceptors (Lipinski definition) is 1. The Morgan fingerprint density at radius 3 is 2.67 bits per heavy atom. The van der Waals surface area contributed by atoms with E-state index in [1.807, 2.05) is 18.2 Å². The smallest absolute Gasteiger partial charge is 0.152 e. The monoisotopic (exact) mass is 313 g/mol. The fourth-order valence-corrected chi connectivity index (χ4v) is 4.24. The first-order chi connectivity index (χ1) is 11.9. The van der Waals surface area contributed by atoms with E-state index in [1.54, 1.807) is 0 Å². The molecule has 3 aromatic rings. The van der Waals surface area contributed by atoms with Crippen LogP contribution in [0.2, 0.25) is 0 Å². The molecule has 1 fully saturated rings. The summed E-state index contributed by atoms with van der Waals surface area (Å²) in [5.74, 6) is 0.954. The third-order valence-corrected chi connectivity index (χ3v) is 5.50. The Labute approximate surface area is 141 Å². The van der Waals surface area contributed by atoms with Crippen LogP contribution in [0.5, 0.6) is 0 Å². The van der Waals surface area contributed by atoms with Gasteiger partial charge in [-0.15, -0.1) is 0 Å². The Kier molecular flexibility index (Phi) is 2.99. The van der Waals surface area contributed by atoms with E-state index < -0.39 is 0 Å². The molecule has 1 unspecified atom stereocenters. The first-order valence-corrected chi connectivity index (χ1v) is 8.71. The summed E-state index contributed by atoms with van der Waals surface area (Å²) < 4.78 is 0. The molecule has 1 saturated carbocycles. The van der Waals surface area contributed by atoms with Crippen molar-refractivity contribution in [2.24, 2.45) is 5.92 Å². The molecule has 0 aliphatic heterocycles. The molecule has 2 nitrogen and oxygen atoms in total. The summed E-state index contributed by atoms with van der Waals surface area (Å²) in [6.07, 6.45) is 6.90. The minimum atomic E-state index is 0.307. The van der Waals surface area contributed by atoms with Crippen LogP contribution in [-0.4, -0.2) is 11.3 Å². The van der Waals surface area contributed by atoms with Crippen LogP contribution in [0.1, 0.15) is 45.9 Å². The molecular formula is C22H19NO. The van der Waals surface area contributed by atoms with Crippen molar-refractivity contribution in [2.75, 3.05) is 0 Å². The third kappa shape index (κ3) is 1.99. The van der Waals surface area contributed by atoms with Gasteiger partial charge in [-0.25, -0.2) is 0 Å². The van der Waals surface area contributed by atoms with Gasteiger partial charge in [-0.1, -0.05) is 48.5 Å². The van der Waals surface area contributed by atoms with Crippen LogP contribution in [0, 0.1) is 5.92 Å². The second kappa shape index (κ2) is 5.20. The molecule has 2 aromatic carbocycles. The molecule has 1 aromatic heterocycles. The van der Waals surface area contributed by atoms with Gasteiger partial charge in [0.15, 0.2) is 6.29 Å². The molecule has 0 spiro atoms. The quantitative estimate of drug-likeness (QED) is 0.667. The second-order valence-electron chi connectivity index (χ2n) is 6.95. The van der Waals surface area contributed by atoms with Gasteiger partial charge in [0.2, 0.25) is 0 Å². The van der Waals surface area contributed by atoms with Crippen LogP contribution >= 0.6 is 0 Å². The molecule has 0 amide bonds. The molecule has 2 aliphatic carbocycles. The highest BCUT2D eigenvalue weighted by Crippen LogP contribution is 2.52. The van der Waals surface area contributed by atoms with Crippen molar-refractivity contribution >= 4 is 22.8 Å². The number of aromatic nitrogens is 1. The Hall–Kier alpha value is -2.61. The number of carbonyl (C=O) groups excluding carboxylic acids is 1. The Bertz CT molecular complexity index is 975. The molecule has 1 heterocycles. The fraction of sp³-hybridized carbons (Fsp3) is 0.227. The van der Waals surface area contributed by atoms with E-state index in [0.717, 1.165) is 34.9 Å². The van der Waals surface area contributed by atoms with E-state index in [9.17, 15) is 4.79 Å². The number of benzene rings is 2. The lowest BCUT2D eigenvalue weighted by Crippen LogP contribution is -2.07. The van der Waals surface area contributed by atoms with Crippen LogP contribution < -0.4 is 0 Å². The summed E-state index contributed by atoms with van der Waals surface area (Å²) >= 11 is 0. The van der Waals surface area contributed by atoms with Crippen LogP contribution in [0.3, 0.4) is 0 Å². The van der Waals surface area contributed by atoms with Gasteiger partial charge in [0.05, 0.1) is 0 Å². The topological polar surface area (TPSA) is 32.9 Å². The van der Waals surface area contributed by atoms with Crippen molar-refractivity contribution in [3.05, 3.63) is 77.0 Å². The summed E-state index contributed by atoms with van der Waals surface area (Å²) in [7, 11) is 0. The van der Waals surface area contributed by atoms with Crippen molar-refractivity contribution < 1.29 is 4.79 Å². The Balaban J connectivity index is 1.70. The molecular weight excluding hydrogens is 294 g/mol. The van der Waals surface area contributed by atoms with Crippen LogP contribution in [0.15, 0.2) is 54.6 Å². The zero-order valence-corrected chi connectivity index (χ0v) is 13.5. The largest absolute Gasteiger partial charge is 0.357 e. The fourth-order valence-electron chi connectivity index (χ4n) is 4.24. The summed E-state index contributed by atoms with van der Waals surface area (Å²) in [4.78, 5) is 15.4. The van der Waals surface area contributed by atoms with E-state index in [-0.39, 0.29) is 0 Å². The average molecular weight is 313 g/mol. The lowest BCUT2D eigenvalue weighted by atomic mass is 9.85. The average Bonchev–Trinajstić information content (AvgIpc) is 3.26. The predicted octanol–water partition coefficient (Wildman–Crippen LogP) is 5.11. The van der Waals surface area contributed by atoms with E-state index in [2.05, 4.69) is 41.4 Å². The Morgan fingerprint density at radius 2 is 1.83 bits per heavy atom. The molecule has 1 atom stereocenters. The molecule has 118 valence electrons. The number of aromatic amines is 1. The van der Waals surface area contributed by atoms with Crippen LogP contribution in [0.4, 0.5) is 0 Å². The zero-order valence-electron chi connectivity index (χ0n) is 13.5. The third-order valence-electron chi connectivity index (χ3n) is 5.50. The maximum Gasteiger partial charge on any atom is 0.152 e. The van der Waals surface area contributed by atoms with Crippen LogP contribution in [-0.2, 0) is 6.42 Å². The number of rotatable bonds is 4. The number of aldehydes is 1. The second-order valence-corrected chi connectivity index (χ2v) is 6.95. The first-order valence-electron chi connectivity index (χ1n) is 8.71. The molecule has 1 N–H and O–H groups in total. The number of allylic oxidation sites excluding steroid dienone is 2. The summed E-state index contributed by atoms with van der Waals surface area (Å²) in [6.45, 7) is 0. The van der Waals surface area contributed by atoms with Gasteiger partial charge >= 0.3 is 0 Å². The molecule has 0 saturated heterocycles. The lowest BCUT2D eigenvalue weighted by molar-refractivity contribution is 0.112. The van der Waals surface area contributed by atoms with Gasteiger partial charge in [0.1, 0.15) is 0 Å². The number of H-pyrrole nitrogens is 1. The van der Waals surface area contributed by atoms with Gasteiger partial charge in [-0.3, -0.25) is 4.79 Å². The van der Waals surface area contributed by atoms with E-state index >= 15 is 0 Å². The van der Waals surface area contributed by atoms with Gasteiger partial charge in [-0.05, 0) is 47.9 Å². The maximum absolute atomic E-state index is 11.9. The zero-order chi connectivity index (χ0) is 16.1. The van der Waals surface area contributed by atoms with Gasteiger partial charge in [0, 0.05) is 28.1 Å². The summed E-state index contributed by atoms with van der Waals surface area (Å²) in [5.41, 5.74) is 7.19. The van der Waals surface area contributed by atoms with Crippen molar-refractivity contribution in [2.45, 2.75) is 25.2 Å². The van der Waals surface area contributed by atoms with E-state index in [1.165, 1.54) is 29.5 Å². The normalized spacial score (nSPS) is 17.6. The van der Waals surface area contributed by atoms with Crippen LogP contribution in [0.25, 0.3) is 16.5 Å². The lowest BCUT2D eigenvalue weighted by Gasteiger charge is -2.19. The minimum Gasteiger partial charge on any atom is -0.357 e. The molecule has 5 rings (SSSR count). The van der Waals surface area contributed by atoms with Crippen molar-refractivity contribution in [1.82, 2.24) is 4.98 Å². The number of nitrogens with one attached hydrogen (secondary N) is 1. The minimum absolute atomic E-state index is 0.307. The number of fused-ring (bicyclic) bond motifs is 2. The standard InChI is InChI=1S/C22H19NO/c24-13-19-17-7-3-4-8-20(17)23-22(19)21(15-9-10-15)18-12-11-14-5-1-2-6-16(14)18/h1-8,12-13,15,21,23H,9-11H2. The van der Waals surface area contributed by atoms with Crippen molar-refractivity contribution in [3.8, 4) is 0 Å². The van der Waals surface area contributed by atoms with Crippen molar-refractivity contribution in [3.63, 3.8) is 0 Å². The van der Waals surface area contributed by atoms with E-state index in [4.69, 9.17) is 0 Å². The molecule has 2 aliphatic rings. The van der Waals surface area contributed by atoms with Gasteiger partial charge in [-0.2, -0.15) is 0 Å². The number of carbonyl (C=O) groups is 1. The van der Waals surface area contributed by atoms with Gasteiger partial charge < -0.3 is 4.98 Å². The highest BCUT2D eigenvalue weighted by molar-refractivity contribution is 6.00. The highest BCUT2D eigenvalue weighted by Gasteiger charge is 2.39. The molecule has 0 radical (unpaired) electrons. The number of para-hydroxylation sites is 1. The molecule has 24 heavy (non-hydrogen) atoms. The molecule has 2 heteroatoms. The Morgan fingerprint density at radius 1 is 1.04 bits per heavy atom. The highest BCUT2D eigenvalue weighted by atomic mass is 16.1. The summed E-state index contributed by atoms with van der Waals surface area (Å²) in [5, 5.41) is 1.04. The number of hydrogen-bond donors (Lipinski definition) is 1. The van der Waals surface area contributed by atoms with Gasteiger partial charge in [0.25, 0.3) is 0 Å². The van der Waals surface area contributed by atoms with Crippen molar-refractivity contribution in [1.29, 1.82) is 0 Å². The van der Waals surface area contributed by atoms with E-state index in [0.29, 0.717) is 11.8 Å². The summed E-state index contributed by atoms with van der Waals surface area (Å²) in [6, 6.07) is 16.8. The predicted molar refractivity (Wildman–Crippen MR) is 97.3 cm³/mol. The maximum atomic E-state index is 11.9.